The molecule has 236 valence electrons. The van der Waals surface area contributed by atoms with E-state index in [1.54, 1.807) is 0 Å². The van der Waals surface area contributed by atoms with Crippen LogP contribution in [0.5, 0.6) is 0 Å². The molecule has 7 aromatic rings. The van der Waals surface area contributed by atoms with Gasteiger partial charge in [-0.2, -0.15) is 0 Å². The van der Waals surface area contributed by atoms with Crippen molar-refractivity contribution in [3.8, 4) is 20.9 Å². The van der Waals surface area contributed by atoms with Gasteiger partial charge >= 0.3 is 0 Å². The molecule has 9 rings (SSSR count). The van der Waals surface area contributed by atoms with E-state index in [9.17, 15) is 0 Å². The van der Waals surface area contributed by atoms with Gasteiger partial charge in [-0.3, -0.25) is 0 Å². The lowest BCUT2D eigenvalue weighted by atomic mass is 9.81. The molecule has 4 aromatic heterocycles. The van der Waals surface area contributed by atoms with Crippen LogP contribution >= 0.6 is 45.3 Å². The van der Waals surface area contributed by atoms with Gasteiger partial charge in [-0.25, -0.2) is 0 Å². The van der Waals surface area contributed by atoms with E-state index in [1.807, 2.05) is 59.2 Å². The SMILES string of the molecule is CC.Cc1cc2c(s1)-c1sc(C)cc1C2(C)C.Cc1ccc2c(c1)C(C)(C)c1cc(C)ccc1-2.c1cc2cc3sccc3cc2s1. The Kier molecular flexibility index (Phi) is 8.97. The topological polar surface area (TPSA) is 0 Å². The van der Waals surface area contributed by atoms with Crippen molar-refractivity contribution in [2.24, 2.45) is 0 Å². The van der Waals surface area contributed by atoms with Gasteiger partial charge in [0, 0.05) is 39.7 Å². The van der Waals surface area contributed by atoms with E-state index < -0.39 is 0 Å². The first-order valence-electron chi connectivity index (χ1n) is 16.2. The van der Waals surface area contributed by atoms with Crippen molar-refractivity contribution < 1.29 is 0 Å². The molecule has 0 nitrogen and oxygen atoms in total. The standard InChI is InChI=1S/C17H18.C13H14S2.C10H6S2.C2H6/c1-11-5-7-13-14-8-6-12(2)10-16(14)17(3,4)15(13)9-11;1-7-5-9-11(14-7)12-10(13(9,3)4)6-8(2)15-12;1-3-11-9-6-8-2-4-12-10(8)5-7(1)9;1-2/h5-10H,1-4H3;5-6H,1-4H3;1-6H;1-2H3. The van der Waals surface area contributed by atoms with E-state index in [0.29, 0.717) is 0 Å². The van der Waals surface area contributed by atoms with Crippen LogP contribution < -0.4 is 0 Å². The second-order valence-electron chi connectivity index (χ2n) is 13.3. The molecule has 2 aliphatic carbocycles. The molecule has 0 spiro atoms. The molecule has 0 radical (unpaired) electrons. The average molecular weight is 677 g/mol. The monoisotopic (exact) mass is 676 g/mol. The van der Waals surface area contributed by atoms with Crippen molar-refractivity contribution in [3.63, 3.8) is 0 Å². The summed E-state index contributed by atoms with van der Waals surface area (Å²) in [6, 6.07) is 27.3. The summed E-state index contributed by atoms with van der Waals surface area (Å²) in [4.78, 5) is 5.91. The minimum atomic E-state index is 0.142. The fourth-order valence-corrected chi connectivity index (χ4v) is 11.0. The molecular formula is C42H44S4. The second-order valence-corrected chi connectivity index (χ2v) is 17.7. The third-order valence-electron chi connectivity index (χ3n) is 9.28. The Labute approximate surface area is 291 Å². The van der Waals surface area contributed by atoms with E-state index in [0.717, 1.165) is 0 Å². The van der Waals surface area contributed by atoms with Gasteiger partial charge in [0.15, 0.2) is 0 Å². The van der Waals surface area contributed by atoms with Crippen molar-refractivity contribution >= 4 is 65.5 Å². The van der Waals surface area contributed by atoms with E-state index in [4.69, 9.17) is 0 Å². The van der Waals surface area contributed by atoms with Crippen LogP contribution in [-0.4, -0.2) is 0 Å². The fourth-order valence-electron chi connectivity index (χ4n) is 6.82. The van der Waals surface area contributed by atoms with Gasteiger partial charge in [-0.05, 0) is 119 Å². The number of thiophene rings is 4. The molecule has 0 saturated heterocycles. The predicted molar refractivity (Wildman–Crippen MR) is 211 cm³/mol. The summed E-state index contributed by atoms with van der Waals surface area (Å²) in [6.45, 7) is 22.1. The second kappa shape index (κ2) is 12.5. The van der Waals surface area contributed by atoms with Gasteiger partial charge in [0.1, 0.15) is 0 Å². The molecule has 46 heavy (non-hydrogen) atoms. The first kappa shape index (κ1) is 32.9. The number of hydrogen-bond donors (Lipinski definition) is 0. The highest BCUT2D eigenvalue weighted by molar-refractivity contribution is 7.22. The van der Waals surface area contributed by atoms with E-state index >= 15 is 0 Å². The van der Waals surface area contributed by atoms with Crippen LogP contribution in [-0.2, 0) is 10.8 Å². The number of aryl methyl sites for hydroxylation is 4. The van der Waals surface area contributed by atoms with Crippen molar-refractivity contribution in [2.45, 2.75) is 80.1 Å². The minimum Gasteiger partial charge on any atom is -0.144 e. The van der Waals surface area contributed by atoms with Crippen LogP contribution in [0.3, 0.4) is 0 Å². The third kappa shape index (κ3) is 5.72. The average Bonchev–Trinajstić information content (AvgIpc) is 3.86. The van der Waals surface area contributed by atoms with Crippen LogP contribution in [0.25, 0.3) is 41.1 Å². The molecule has 0 atom stereocenters. The number of benzene rings is 3. The fraction of sp³-hybridized carbons (Fsp3) is 0.286. The molecule has 0 fully saturated rings. The molecule has 0 amide bonds. The highest BCUT2D eigenvalue weighted by Gasteiger charge is 2.38. The first-order chi connectivity index (χ1) is 21.9. The van der Waals surface area contributed by atoms with Gasteiger partial charge in [0.05, 0.1) is 0 Å². The zero-order valence-corrected chi connectivity index (χ0v) is 32.0. The first-order valence-corrected chi connectivity index (χ1v) is 19.6. The summed E-state index contributed by atoms with van der Waals surface area (Å²) in [5.74, 6) is 0. The molecule has 0 unspecified atom stereocenters. The van der Waals surface area contributed by atoms with Crippen molar-refractivity contribution in [3.05, 3.63) is 127 Å². The summed E-state index contributed by atoms with van der Waals surface area (Å²) < 4.78 is 2.78. The lowest BCUT2D eigenvalue weighted by molar-refractivity contribution is 0.659. The zero-order chi connectivity index (χ0) is 33.0. The molecule has 4 heterocycles. The van der Waals surface area contributed by atoms with Gasteiger partial charge in [0.2, 0.25) is 0 Å². The molecule has 0 N–H and O–H groups in total. The van der Waals surface area contributed by atoms with Crippen LogP contribution in [0, 0.1) is 27.7 Å². The molecule has 3 aromatic carbocycles. The Morgan fingerprint density at radius 2 is 0.848 bits per heavy atom. The molecule has 0 bridgehead atoms. The normalized spacial score (nSPS) is 14.2. The summed E-state index contributed by atoms with van der Waals surface area (Å²) in [7, 11) is 0. The van der Waals surface area contributed by atoms with Crippen molar-refractivity contribution in [1.29, 1.82) is 0 Å². The van der Waals surface area contributed by atoms with Crippen LogP contribution in [0.4, 0.5) is 0 Å². The number of hydrogen-bond acceptors (Lipinski definition) is 4. The van der Waals surface area contributed by atoms with E-state index in [1.165, 1.54) is 84.2 Å². The third-order valence-corrected chi connectivity index (χ3v) is 13.3. The van der Waals surface area contributed by atoms with Crippen LogP contribution in [0.15, 0.2) is 83.6 Å². The lowest BCUT2D eigenvalue weighted by Gasteiger charge is -2.22. The van der Waals surface area contributed by atoms with Gasteiger partial charge < -0.3 is 0 Å². The summed E-state index contributed by atoms with van der Waals surface area (Å²) in [6.07, 6.45) is 0. The summed E-state index contributed by atoms with van der Waals surface area (Å²) in [5, 5.41) is 7.03. The Morgan fingerprint density at radius 3 is 1.26 bits per heavy atom. The molecule has 2 aliphatic rings. The van der Waals surface area contributed by atoms with Gasteiger partial charge in [-0.1, -0.05) is 89.1 Å². The van der Waals surface area contributed by atoms with Gasteiger partial charge in [-0.15, -0.1) is 45.3 Å². The molecule has 0 saturated carbocycles. The van der Waals surface area contributed by atoms with Crippen molar-refractivity contribution in [1.82, 2.24) is 0 Å². The Morgan fingerprint density at radius 1 is 0.457 bits per heavy atom. The van der Waals surface area contributed by atoms with Crippen LogP contribution in [0.1, 0.15) is 84.7 Å². The zero-order valence-electron chi connectivity index (χ0n) is 28.7. The molecular weight excluding hydrogens is 633 g/mol. The lowest BCUT2D eigenvalue weighted by Crippen LogP contribution is -2.15. The maximum absolute atomic E-state index is 2.36. The highest BCUT2D eigenvalue weighted by atomic mass is 32.1. The summed E-state index contributed by atoms with van der Waals surface area (Å²) >= 11 is 7.51. The number of rotatable bonds is 0. The maximum atomic E-state index is 2.36. The highest BCUT2D eigenvalue weighted by Crippen LogP contribution is 2.55. The predicted octanol–water partition coefficient (Wildman–Crippen LogP) is 14.5. The number of fused-ring (bicyclic) bond motifs is 8. The quantitative estimate of drug-likeness (QED) is 0.150. The largest absolute Gasteiger partial charge is 0.144 e. The Balaban J connectivity index is 0.000000119. The van der Waals surface area contributed by atoms with Crippen molar-refractivity contribution in [2.75, 3.05) is 0 Å². The molecule has 4 heteroatoms. The van der Waals surface area contributed by atoms with Gasteiger partial charge in [0.25, 0.3) is 0 Å². The Hall–Kier alpha value is -3.02. The van der Waals surface area contributed by atoms with Crippen LogP contribution in [0.2, 0.25) is 0 Å². The minimum absolute atomic E-state index is 0.142. The smallest absolute Gasteiger partial charge is 0.0489 e. The van der Waals surface area contributed by atoms with E-state index in [-0.39, 0.29) is 10.8 Å². The molecule has 0 aliphatic heterocycles. The Bertz CT molecular complexity index is 1980. The van der Waals surface area contributed by atoms with E-state index in [2.05, 4.69) is 139 Å². The maximum Gasteiger partial charge on any atom is 0.0489 e. The summed E-state index contributed by atoms with van der Waals surface area (Å²) in [5.41, 5.74) is 11.9.